The third-order valence-electron chi connectivity index (χ3n) is 3.11. The first kappa shape index (κ1) is 15.2. The van der Waals surface area contributed by atoms with Crippen LogP contribution in [0.1, 0.15) is 16.1 Å². The topological polar surface area (TPSA) is 61.3 Å². The molecule has 23 heavy (non-hydrogen) atoms. The molecule has 116 valence electrons. The third-order valence-corrected chi connectivity index (χ3v) is 4.03. The number of thiazole rings is 1. The van der Waals surface area contributed by atoms with Gasteiger partial charge in [-0.15, -0.1) is 11.3 Å². The van der Waals surface area contributed by atoms with E-state index in [1.54, 1.807) is 37.6 Å². The van der Waals surface area contributed by atoms with Gasteiger partial charge in [-0.2, -0.15) is 0 Å². The van der Waals surface area contributed by atoms with Crippen molar-refractivity contribution in [1.82, 2.24) is 9.97 Å². The van der Waals surface area contributed by atoms with E-state index in [0.717, 1.165) is 10.7 Å². The smallest absolute Gasteiger partial charge is 0.338 e. The van der Waals surface area contributed by atoms with Crippen molar-refractivity contribution >= 4 is 17.3 Å². The number of ether oxygens (including phenoxy) is 2. The fraction of sp³-hybridized carbons (Fsp3) is 0.118. The van der Waals surface area contributed by atoms with Crippen LogP contribution in [-0.2, 0) is 11.3 Å². The minimum absolute atomic E-state index is 0.133. The van der Waals surface area contributed by atoms with Crippen LogP contribution in [0.4, 0.5) is 0 Å². The highest BCUT2D eigenvalue weighted by Gasteiger charge is 2.10. The van der Waals surface area contributed by atoms with Crippen molar-refractivity contribution in [3.63, 3.8) is 0 Å². The number of carbonyl (C=O) groups is 1. The van der Waals surface area contributed by atoms with Crippen molar-refractivity contribution in [3.05, 3.63) is 65.3 Å². The Bertz CT molecular complexity index is 785. The monoisotopic (exact) mass is 326 g/mol. The molecule has 3 aromatic rings. The molecule has 2 aromatic heterocycles. The lowest BCUT2D eigenvalue weighted by molar-refractivity contribution is 0.0468. The van der Waals surface area contributed by atoms with E-state index in [0.29, 0.717) is 17.0 Å². The van der Waals surface area contributed by atoms with Gasteiger partial charge in [0.25, 0.3) is 0 Å². The third kappa shape index (κ3) is 3.73. The molecule has 0 radical (unpaired) electrons. The molecule has 0 amide bonds. The Kier molecular flexibility index (Phi) is 4.63. The van der Waals surface area contributed by atoms with Crippen molar-refractivity contribution in [3.8, 4) is 16.5 Å². The minimum atomic E-state index is -0.389. The molecule has 0 bridgehead atoms. The molecule has 0 saturated carbocycles. The molecule has 6 heteroatoms. The number of methoxy groups -OCH3 is 1. The first-order valence-electron chi connectivity index (χ1n) is 6.93. The number of hydrogen-bond acceptors (Lipinski definition) is 6. The van der Waals surface area contributed by atoms with E-state index in [1.165, 1.54) is 11.3 Å². The number of esters is 1. The first-order chi connectivity index (χ1) is 11.3. The van der Waals surface area contributed by atoms with Gasteiger partial charge in [-0.3, -0.25) is 4.98 Å². The highest BCUT2D eigenvalue weighted by atomic mass is 32.1. The van der Waals surface area contributed by atoms with Gasteiger partial charge < -0.3 is 9.47 Å². The maximum absolute atomic E-state index is 12.0. The number of pyridine rings is 1. The van der Waals surface area contributed by atoms with Gasteiger partial charge in [-0.05, 0) is 36.4 Å². The highest BCUT2D eigenvalue weighted by Crippen LogP contribution is 2.22. The molecule has 0 unspecified atom stereocenters. The van der Waals surface area contributed by atoms with Gasteiger partial charge in [-0.25, -0.2) is 9.78 Å². The van der Waals surface area contributed by atoms with Crippen LogP contribution in [0.25, 0.3) is 10.7 Å². The number of rotatable bonds is 5. The van der Waals surface area contributed by atoms with E-state index in [4.69, 9.17) is 9.47 Å². The Hall–Kier alpha value is -2.73. The first-order valence-corrected chi connectivity index (χ1v) is 7.81. The molecular weight excluding hydrogens is 312 g/mol. The van der Waals surface area contributed by atoms with Crippen LogP contribution < -0.4 is 4.74 Å². The Morgan fingerprint density at radius 3 is 2.70 bits per heavy atom. The maximum atomic E-state index is 12.0. The zero-order valence-corrected chi connectivity index (χ0v) is 13.2. The molecular formula is C17H14N2O3S. The number of hydrogen-bond donors (Lipinski definition) is 0. The number of nitrogens with zero attached hydrogens (tertiary/aromatic N) is 2. The predicted molar refractivity (Wildman–Crippen MR) is 87.5 cm³/mol. The summed E-state index contributed by atoms with van der Waals surface area (Å²) in [5, 5.41) is 2.67. The van der Waals surface area contributed by atoms with Crippen LogP contribution in [0, 0.1) is 0 Å². The van der Waals surface area contributed by atoms with E-state index in [-0.39, 0.29) is 12.6 Å². The average Bonchev–Trinajstić information content (AvgIpc) is 3.09. The standard InChI is InChI=1S/C17H14N2O3S/c1-21-14-7-5-12(6-8-14)17(20)22-10-13-11-23-16(19-13)15-4-2-3-9-18-15/h2-9,11H,10H2,1H3. The second-order valence-corrected chi connectivity index (χ2v) is 5.52. The zero-order valence-electron chi connectivity index (χ0n) is 12.4. The van der Waals surface area contributed by atoms with Crippen molar-refractivity contribution in [2.75, 3.05) is 7.11 Å². The van der Waals surface area contributed by atoms with Gasteiger partial charge in [0.15, 0.2) is 0 Å². The van der Waals surface area contributed by atoms with E-state index < -0.39 is 0 Å². The molecule has 3 rings (SSSR count). The summed E-state index contributed by atoms with van der Waals surface area (Å²) < 4.78 is 10.3. The van der Waals surface area contributed by atoms with E-state index in [2.05, 4.69) is 9.97 Å². The van der Waals surface area contributed by atoms with Gasteiger partial charge in [0, 0.05) is 11.6 Å². The summed E-state index contributed by atoms with van der Waals surface area (Å²) >= 11 is 1.47. The van der Waals surface area contributed by atoms with Crippen LogP contribution in [0.5, 0.6) is 5.75 Å². The van der Waals surface area contributed by atoms with Crippen molar-refractivity contribution in [2.45, 2.75) is 6.61 Å². The molecule has 0 aliphatic heterocycles. The molecule has 0 aliphatic rings. The molecule has 0 atom stereocenters. The van der Waals surface area contributed by atoms with Crippen LogP contribution in [-0.4, -0.2) is 23.0 Å². The average molecular weight is 326 g/mol. The summed E-state index contributed by atoms with van der Waals surface area (Å²) in [6.45, 7) is 0.133. The highest BCUT2D eigenvalue weighted by molar-refractivity contribution is 7.13. The quantitative estimate of drug-likeness (QED) is 0.671. The fourth-order valence-corrected chi connectivity index (χ4v) is 2.71. The minimum Gasteiger partial charge on any atom is -0.497 e. The summed E-state index contributed by atoms with van der Waals surface area (Å²) in [4.78, 5) is 20.7. The summed E-state index contributed by atoms with van der Waals surface area (Å²) in [6, 6.07) is 12.4. The lowest BCUT2D eigenvalue weighted by atomic mass is 10.2. The lowest BCUT2D eigenvalue weighted by Gasteiger charge is -2.04. The Morgan fingerprint density at radius 1 is 1.17 bits per heavy atom. The Morgan fingerprint density at radius 2 is 2.00 bits per heavy atom. The normalized spacial score (nSPS) is 10.3. The van der Waals surface area contributed by atoms with E-state index >= 15 is 0 Å². The second-order valence-electron chi connectivity index (χ2n) is 4.66. The van der Waals surface area contributed by atoms with Crippen molar-refractivity contribution < 1.29 is 14.3 Å². The van der Waals surface area contributed by atoms with Crippen LogP contribution >= 0.6 is 11.3 Å². The summed E-state index contributed by atoms with van der Waals surface area (Å²) in [5.41, 5.74) is 1.99. The molecule has 1 aromatic carbocycles. The van der Waals surface area contributed by atoms with Crippen LogP contribution in [0.3, 0.4) is 0 Å². The molecule has 2 heterocycles. The number of benzene rings is 1. The molecule has 0 spiro atoms. The fourth-order valence-electron chi connectivity index (χ4n) is 1.93. The lowest BCUT2D eigenvalue weighted by Crippen LogP contribution is -2.05. The second kappa shape index (κ2) is 7.02. The van der Waals surface area contributed by atoms with Gasteiger partial charge in [0.05, 0.1) is 24.1 Å². The van der Waals surface area contributed by atoms with Gasteiger partial charge >= 0.3 is 5.97 Å². The summed E-state index contributed by atoms with van der Waals surface area (Å²) in [6.07, 6.45) is 1.72. The molecule has 0 N–H and O–H groups in total. The number of carbonyl (C=O) groups excluding carboxylic acids is 1. The molecule has 0 fully saturated rings. The predicted octanol–water partition coefficient (Wildman–Crippen LogP) is 3.57. The molecule has 0 saturated heterocycles. The van der Waals surface area contributed by atoms with Gasteiger partial charge in [-0.1, -0.05) is 6.07 Å². The van der Waals surface area contributed by atoms with Crippen molar-refractivity contribution in [1.29, 1.82) is 0 Å². The van der Waals surface area contributed by atoms with E-state index in [9.17, 15) is 4.79 Å². The SMILES string of the molecule is COc1ccc(C(=O)OCc2csc(-c3ccccn3)n2)cc1. The Labute approximate surface area is 137 Å². The van der Waals surface area contributed by atoms with Crippen LogP contribution in [0.2, 0.25) is 0 Å². The van der Waals surface area contributed by atoms with E-state index in [1.807, 2.05) is 23.6 Å². The zero-order chi connectivity index (χ0) is 16.1. The van der Waals surface area contributed by atoms with Gasteiger partial charge in [0.2, 0.25) is 0 Å². The molecule has 0 aliphatic carbocycles. The number of aromatic nitrogens is 2. The maximum Gasteiger partial charge on any atom is 0.338 e. The summed E-state index contributed by atoms with van der Waals surface area (Å²) in [5.74, 6) is 0.307. The largest absolute Gasteiger partial charge is 0.497 e. The molecule has 5 nitrogen and oxygen atoms in total. The van der Waals surface area contributed by atoms with Gasteiger partial charge in [0.1, 0.15) is 17.4 Å². The van der Waals surface area contributed by atoms with Crippen LogP contribution in [0.15, 0.2) is 54.0 Å². The van der Waals surface area contributed by atoms with Crippen molar-refractivity contribution in [2.24, 2.45) is 0 Å². The summed E-state index contributed by atoms with van der Waals surface area (Å²) in [7, 11) is 1.58. The Balaban J connectivity index is 1.62.